The fourth-order valence-corrected chi connectivity index (χ4v) is 5.51. The zero-order valence-electron chi connectivity index (χ0n) is 12.1. The van der Waals surface area contributed by atoms with Crippen molar-refractivity contribution in [3.05, 3.63) is 30.3 Å². The molecule has 0 radical (unpaired) electrons. The second kappa shape index (κ2) is 8.76. The topological polar surface area (TPSA) is 58.2 Å². The second-order valence-electron chi connectivity index (χ2n) is 4.48. The van der Waals surface area contributed by atoms with E-state index < -0.39 is 24.8 Å². The van der Waals surface area contributed by atoms with E-state index in [2.05, 4.69) is 35.9 Å². The van der Waals surface area contributed by atoms with Gasteiger partial charge in [0, 0.05) is 0 Å². The number of thiol groups is 2. The average Bonchev–Trinajstić information content (AvgIpc) is 2.47. The molecule has 7 heteroatoms. The first-order chi connectivity index (χ1) is 9.91. The summed E-state index contributed by atoms with van der Waals surface area (Å²) in [5.74, 6) is -0.215. The van der Waals surface area contributed by atoms with Crippen LogP contribution in [0.2, 0.25) is 0 Å². The predicted octanol–water partition coefficient (Wildman–Crippen LogP) is 0.640. The van der Waals surface area contributed by atoms with Crippen LogP contribution >= 0.6 is 25.3 Å². The van der Waals surface area contributed by atoms with Crippen LogP contribution in [0.25, 0.3) is 0 Å². The van der Waals surface area contributed by atoms with Crippen molar-refractivity contribution in [3.8, 4) is 0 Å². The van der Waals surface area contributed by atoms with Gasteiger partial charge in [-0.25, -0.2) is 0 Å². The summed E-state index contributed by atoms with van der Waals surface area (Å²) in [6, 6.07) is 9.85. The molecule has 0 aliphatic heterocycles. The summed E-state index contributed by atoms with van der Waals surface area (Å²) in [4.78, 5) is 23.4. The van der Waals surface area contributed by atoms with Crippen LogP contribution in [0, 0.1) is 0 Å². The van der Waals surface area contributed by atoms with Crippen molar-refractivity contribution in [3.63, 3.8) is 0 Å². The van der Waals surface area contributed by atoms with E-state index in [0.717, 1.165) is 4.35 Å². The Bertz CT molecular complexity index is 487. The monoisotopic (exact) mass is 388 g/mol. The number of amides is 2. The molecular weight excluding hydrogens is 367 g/mol. The molecule has 2 amide bonds. The molecule has 1 aromatic carbocycles. The Hall–Kier alpha value is -0.582. The minimum atomic E-state index is -0.857. The van der Waals surface area contributed by atoms with E-state index in [1.807, 2.05) is 30.3 Å². The van der Waals surface area contributed by atoms with Gasteiger partial charge in [-0.2, -0.15) is 0 Å². The summed E-state index contributed by atoms with van der Waals surface area (Å²) in [5, 5.41) is 5.16. The first kappa shape index (κ1) is 18.5. The zero-order valence-corrected chi connectivity index (χ0v) is 16.0. The Morgan fingerprint density at radius 1 is 1.19 bits per heavy atom. The van der Waals surface area contributed by atoms with Crippen molar-refractivity contribution in [2.24, 2.45) is 0 Å². The molecule has 0 bridgehead atoms. The number of hydrogen-bond donors (Lipinski definition) is 4. The summed E-state index contributed by atoms with van der Waals surface area (Å²) in [6.07, 6.45) is 0.736. The Kier molecular flexibility index (Phi) is 7.71. The summed E-state index contributed by atoms with van der Waals surface area (Å²) in [5.41, 5.74) is 0. The summed E-state index contributed by atoms with van der Waals surface area (Å²) in [7, 11) is 0. The Morgan fingerprint density at radius 2 is 1.76 bits per heavy atom. The molecule has 21 heavy (non-hydrogen) atoms. The van der Waals surface area contributed by atoms with Gasteiger partial charge < -0.3 is 0 Å². The zero-order chi connectivity index (χ0) is 15.9. The van der Waals surface area contributed by atoms with Gasteiger partial charge in [0.2, 0.25) is 0 Å². The van der Waals surface area contributed by atoms with Gasteiger partial charge in [0.15, 0.2) is 0 Å². The van der Waals surface area contributed by atoms with Gasteiger partial charge in [0.25, 0.3) is 0 Å². The third kappa shape index (κ3) is 5.97. The number of rotatable bonds is 7. The van der Waals surface area contributed by atoms with Crippen molar-refractivity contribution in [2.45, 2.75) is 35.7 Å². The van der Waals surface area contributed by atoms with Crippen molar-refractivity contribution in [2.75, 3.05) is 0 Å². The standard InChI is InChI=1S/C14H21AsN2O2S2/c1-3-11(18)16-13(20)14(21,17-12(19)4-2)15-10-8-6-5-7-9-10/h5-9,13,15,20-21H,3-4H2,1-2H3,(H,16,18)(H,17,19). The van der Waals surface area contributed by atoms with Gasteiger partial charge in [-0.15, -0.1) is 0 Å². The third-order valence-electron chi connectivity index (χ3n) is 2.77. The van der Waals surface area contributed by atoms with Crippen LogP contribution in [0.15, 0.2) is 30.3 Å². The molecule has 0 heterocycles. The number of nitrogens with one attached hydrogen (secondary N) is 2. The normalized spacial score (nSPS) is 15.4. The number of carbonyl (C=O) groups excluding carboxylic acids is 2. The molecule has 3 atom stereocenters. The molecule has 0 aromatic heterocycles. The van der Waals surface area contributed by atoms with Crippen LogP contribution < -0.4 is 15.0 Å². The maximum absolute atomic E-state index is 11.8. The molecule has 0 aliphatic carbocycles. The van der Waals surface area contributed by atoms with Gasteiger partial charge in [-0.3, -0.25) is 0 Å². The molecule has 116 valence electrons. The van der Waals surface area contributed by atoms with E-state index in [0.29, 0.717) is 12.8 Å². The number of carbonyl (C=O) groups is 2. The van der Waals surface area contributed by atoms with Crippen molar-refractivity contribution < 1.29 is 9.59 Å². The molecule has 0 saturated carbocycles. The van der Waals surface area contributed by atoms with Gasteiger partial charge >= 0.3 is 143 Å². The van der Waals surface area contributed by atoms with Crippen molar-refractivity contribution in [1.82, 2.24) is 10.6 Å². The van der Waals surface area contributed by atoms with Gasteiger partial charge in [0.1, 0.15) is 0 Å². The number of hydrogen-bond acceptors (Lipinski definition) is 4. The van der Waals surface area contributed by atoms with E-state index in [1.165, 1.54) is 0 Å². The molecule has 1 aromatic rings. The van der Waals surface area contributed by atoms with E-state index >= 15 is 0 Å². The quantitative estimate of drug-likeness (QED) is 0.315. The molecule has 0 aliphatic rings. The van der Waals surface area contributed by atoms with Crippen molar-refractivity contribution >= 4 is 57.2 Å². The summed E-state index contributed by atoms with van der Waals surface area (Å²) < 4.78 is 0.302. The summed E-state index contributed by atoms with van der Waals surface area (Å²) in [6.45, 7) is 3.55. The van der Waals surface area contributed by atoms with Crippen LogP contribution in [0.3, 0.4) is 0 Å². The van der Waals surface area contributed by atoms with Gasteiger partial charge in [0.05, 0.1) is 0 Å². The van der Waals surface area contributed by atoms with E-state index in [1.54, 1.807) is 13.8 Å². The van der Waals surface area contributed by atoms with Crippen LogP contribution in [-0.4, -0.2) is 36.6 Å². The van der Waals surface area contributed by atoms with Crippen LogP contribution in [-0.2, 0) is 9.59 Å². The van der Waals surface area contributed by atoms with Crippen LogP contribution in [0.4, 0.5) is 0 Å². The maximum atomic E-state index is 11.8. The van der Waals surface area contributed by atoms with Crippen LogP contribution in [0.1, 0.15) is 26.7 Å². The second-order valence-corrected chi connectivity index (χ2v) is 9.98. The van der Waals surface area contributed by atoms with Gasteiger partial charge in [-0.05, 0) is 0 Å². The minimum absolute atomic E-state index is 0.102. The Labute approximate surface area is 143 Å². The first-order valence-electron chi connectivity index (χ1n) is 6.75. The van der Waals surface area contributed by atoms with Crippen LogP contribution in [0.5, 0.6) is 0 Å². The molecule has 3 unspecified atom stereocenters. The van der Waals surface area contributed by atoms with E-state index in [9.17, 15) is 9.59 Å². The predicted molar refractivity (Wildman–Crippen MR) is 94.6 cm³/mol. The van der Waals surface area contributed by atoms with E-state index in [4.69, 9.17) is 0 Å². The Morgan fingerprint density at radius 3 is 2.29 bits per heavy atom. The van der Waals surface area contributed by atoms with E-state index in [-0.39, 0.29) is 11.8 Å². The SMILES string of the molecule is CCC(=O)NC(S)C(S)(NC(=O)CC)[AsH]c1ccccc1. The Balaban J connectivity index is 2.93. The average molecular weight is 388 g/mol. The summed E-state index contributed by atoms with van der Waals surface area (Å²) >= 11 is 8.26. The molecule has 2 N–H and O–H groups in total. The molecule has 1 rings (SSSR count). The number of benzene rings is 1. The third-order valence-corrected chi connectivity index (χ3v) is 7.93. The molecular formula is C14H21AsN2O2S2. The molecule has 4 nitrogen and oxygen atoms in total. The van der Waals surface area contributed by atoms with Crippen molar-refractivity contribution in [1.29, 1.82) is 0 Å². The fourth-order valence-electron chi connectivity index (χ4n) is 1.57. The van der Waals surface area contributed by atoms with Gasteiger partial charge in [-0.1, -0.05) is 0 Å². The fraction of sp³-hybridized carbons (Fsp3) is 0.429. The molecule has 0 fully saturated rings. The first-order valence-corrected chi connectivity index (χ1v) is 9.81. The molecule has 0 saturated heterocycles. The molecule has 0 spiro atoms.